The van der Waals surface area contributed by atoms with Crippen LogP contribution in [0.1, 0.15) is 43.6 Å². The minimum atomic E-state index is -0.419. The highest BCUT2D eigenvalue weighted by Crippen LogP contribution is 2.21. The number of amides is 1. The lowest BCUT2D eigenvalue weighted by molar-refractivity contribution is -0.123. The first-order chi connectivity index (χ1) is 11.6. The van der Waals surface area contributed by atoms with Gasteiger partial charge in [-0.2, -0.15) is 0 Å². The van der Waals surface area contributed by atoms with Crippen LogP contribution in [-0.2, 0) is 11.2 Å². The molecule has 0 bridgehead atoms. The van der Waals surface area contributed by atoms with Gasteiger partial charge < -0.3 is 14.8 Å². The molecule has 1 fully saturated rings. The third-order valence-corrected chi connectivity index (χ3v) is 4.53. The Morgan fingerprint density at radius 2 is 2.04 bits per heavy atom. The normalized spacial score (nSPS) is 20.8. The zero-order valence-corrected chi connectivity index (χ0v) is 14.0. The van der Waals surface area contributed by atoms with E-state index in [0.717, 1.165) is 31.2 Å². The van der Waals surface area contributed by atoms with Gasteiger partial charge in [-0.1, -0.05) is 42.7 Å². The quantitative estimate of drug-likeness (QED) is 0.885. The molecule has 5 nitrogen and oxygen atoms in total. The Bertz CT molecular complexity index is 678. The third-order valence-electron chi connectivity index (χ3n) is 4.53. The van der Waals surface area contributed by atoms with Gasteiger partial charge >= 0.3 is 0 Å². The van der Waals surface area contributed by atoms with Crippen molar-refractivity contribution in [3.8, 4) is 11.3 Å². The van der Waals surface area contributed by atoms with Crippen LogP contribution >= 0.6 is 0 Å². The minimum absolute atomic E-state index is 0.0592. The second kappa shape index (κ2) is 7.62. The minimum Gasteiger partial charge on any atom is -0.441 e. The first-order valence-electron chi connectivity index (χ1n) is 8.61. The van der Waals surface area contributed by atoms with E-state index in [-0.39, 0.29) is 11.9 Å². The monoisotopic (exact) mass is 328 g/mol. The highest BCUT2D eigenvalue weighted by molar-refractivity contribution is 5.76. The first-order valence-corrected chi connectivity index (χ1v) is 8.61. The Kier molecular flexibility index (Phi) is 5.30. The van der Waals surface area contributed by atoms with Gasteiger partial charge in [0.2, 0.25) is 5.91 Å². The van der Waals surface area contributed by atoms with Crippen molar-refractivity contribution in [2.45, 2.75) is 57.6 Å². The molecule has 1 aliphatic rings. The van der Waals surface area contributed by atoms with Crippen LogP contribution in [0.2, 0.25) is 0 Å². The maximum Gasteiger partial charge on any atom is 0.220 e. The Hall–Kier alpha value is -2.14. The molecule has 2 N–H and O–H groups in total. The molecule has 0 spiro atoms. The molecule has 1 saturated carbocycles. The molecule has 0 saturated heterocycles. The molecule has 1 amide bonds. The zero-order valence-electron chi connectivity index (χ0n) is 14.0. The summed E-state index contributed by atoms with van der Waals surface area (Å²) in [5.74, 6) is 1.22. The van der Waals surface area contributed by atoms with Gasteiger partial charge in [0.25, 0.3) is 0 Å². The van der Waals surface area contributed by atoms with Crippen LogP contribution in [0.3, 0.4) is 0 Å². The number of nitrogens with zero attached hydrogens (tertiary/aromatic N) is 1. The molecule has 1 aliphatic carbocycles. The SMILES string of the molecule is Cc1ccc(-c2cnc(CCC(=O)NC3CCCCC3O)o2)cc1. The molecule has 1 heterocycles. The molecular weight excluding hydrogens is 304 g/mol. The molecule has 128 valence electrons. The van der Waals surface area contributed by atoms with Gasteiger partial charge in [-0.15, -0.1) is 0 Å². The number of hydrogen-bond acceptors (Lipinski definition) is 4. The van der Waals surface area contributed by atoms with Crippen LogP contribution in [0.4, 0.5) is 0 Å². The van der Waals surface area contributed by atoms with Crippen LogP contribution in [0.25, 0.3) is 11.3 Å². The summed E-state index contributed by atoms with van der Waals surface area (Å²) in [4.78, 5) is 16.3. The molecule has 0 radical (unpaired) electrons. The molecule has 1 aromatic carbocycles. The van der Waals surface area contributed by atoms with Crippen molar-refractivity contribution in [2.24, 2.45) is 0 Å². The van der Waals surface area contributed by atoms with E-state index in [1.165, 1.54) is 5.56 Å². The number of benzene rings is 1. The average Bonchev–Trinajstić information content (AvgIpc) is 3.05. The summed E-state index contributed by atoms with van der Waals surface area (Å²) in [5.41, 5.74) is 2.18. The highest BCUT2D eigenvalue weighted by atomic mass is 16.4. The lowest BCUT2D eigenvalue weighted by Gasteiger charge is -2.28. The van der Waals surface area contributed by atoms with Gasteiger partial charge in [0.15, 0.2) is 11.7 Å². The summed E-state index contributed by atoms with van der Waals surface area (Å²) >= 11 is 0. The largest absolute Gasteiger partial charge is 0.441 e. The van der Waals surface area contributed by atoms with Crippen molar-refractivity contribution < 1.29 is 14.3 Å². The highest BCUT2D eigenvalue weighted by Gasteiger charge is 2.24. The van der Waals surface area contributed by atoms with Gasteiger partial charge in [-0.3, -0.25) is 4.79 Å². The van der Waals surface area contributed by atoms with Gasteiger partial charge in [-0.25, -0.2) is 4.98 Å². The number of aryl methyl sites for hydroxylation is 2. The number of carbonyl (C=O) groups is 1. The number of nitrogens with one attached hydrogen (secondary N) is 1. The van der Waals surface area contributed by atoms with Crippen molar-refractivity contribution in [2.75, 3.05) is 0 Å². The van der Waals surface area contributed by atoms with Crippen molar-refractivity contribution in [1.29, 1.82) is 0 Å². The fourth-order valence-electron chi connectivity index (χ4n) is 3.06. The molecule has 24 heavy (non-hydrogen) atoms. The molecule has 2 aromatic rings. The molecular formula is C19H24N2O3. The summed E-state index contributed by atoms with van der Waals surface area (Å²) in [6.45, 7) is 2.04. The van der Waals surface area contributed by atoms with Crippen molar-refractivity contribution in [1.82, 2.24) is 10.3 Å². The van der Waals surface area contributed by atoms with E-state index < -0.39 is 6.10 Å². The Balaban J connectivity index is 1.51. The summed E-state index contributed by atoms with van der Waals surface area (Å²) < 4.78 is 5.73. The predicted molar refractivity (Wildman–Crippen MR) is 91.4 cm³/mol. The summed E-state index contributed by atoms with van der Waals surface area (Å²) in [5, 5.41) is 12.8. The Morgan fingerprint density at radius 3 is 2.79 bits per heavy atom. The van der Waals surface area contributed by atoms with E-state index >= 15 is 0 Å². The van der Waals surface area contributed by atoms with Crippen LogP contribution in [0.5, 0.6) is 0 Å². The third kappa shape index (κ3) is 4.23. The summed E-state index contributed by atoms with van der Waals surface area (Å²) in [6.07, 6.45) is 5.76. The maximum absolute atomic E-state index is 12.1. The molecule has 2 unspecified atom stereocenters. The zero-order chi connectivity index (χ0) is 16.9. The van der Waals surface area contributed by atoms with Gasteiger partial charge in [0.1, 0.15) is 0 Å². The number of carbonyl (C=O) groups excluding carboxylic acids is 1. The lowest BCUT2D eigenvalue weighted by atomic mass is 9.92. The fourth-order valence-corrected chi connectivity index (χ4v) is 3.06. The van der Waals surface area contributed by atoms with Crippen LogP contribution in [0.15, 0.2) is 34.9 Å². The number of hydrogen-bond donors (Lipinski definition) is 2. The summed E-state index contributed by atoms with van der Waals surface area (Å²) in [7, 11) is 0. The first kappa shape index (κ1) is 16.7. The smallest absolute Gasteiger partial charge is 0.220 e. The van der Waals surface area contributed by atoms with E-state index in [9.17, 15) is 9.90 Å². The lowest BCUT2D eigenvalue weighted by Crippen LogP contribution is -2.45. The second-order valence-electron chi connectivity index (χ2n) is 6.51. The second-order valence-corrected chi connectivity index (χ2v) is 6.51. The van der Waals surface area contributed by atoms with Crippen LogP contribution < -0.4 is 5.32 Å². The van der Waals surface area contributed by atoms with Crippen LogP contribution in [-0.4, -0.2) is 28.1 Å². The van der Waals surface area contributed by atoms with E-state index in [0.29, 0.717) is 24.5 Å². The maximum atomic E-state index is 12.1. The van der Waals surface area contributed by atoms with E-state index in [1.54, 1.807) is 6.20 Å². The Morgan fingerprint density at radius 1 is 1.29 bits per heavy atom. The predicted octanol–water partition coefficient (Wildman–Crippen LogP) is 3.00. The standard InChI is InChI=1S/C19H24N2O3/c1-13-6-8-14(9-7-13)17-12-20-19(24-17)11-10-18(23)21-15-4-2-3-5-16(15)22/h6-9,12,15-16,22H,2-5,10-11H2,1H3,(H,21,23). The number of aliphatic hydroxyl groups excluding tert-OH is 1. The van der Waals surface area contributed by atoms with Crippen molar-refractivity contribution >= 4 is 5.91 Å². The number of rotatable bonds is 5. The fraction of sp³-hybridized carbons (Fsp3) is 0.474. The topological polar surface area (TPSA) is 75.4 Å². The van der Waals surface area contributed by atoms with E-state index in [1.807, 2.05) is 31.2 Å². The van der Waals surface area contributed by atoms with E-state index in [4.69, 9.17) is 4.42 Å². The van der Waals surface area contributed by atoms with Gasteiger partial charge in [0, 0.05) is 18.4 Å². The molecule has 0 aliphatic heterocycles. The summed E-state index contributed by atoms with van der Waals surface area (Å²) in [6, 6.07) is 7.94. The van der Waals surface area contributed by atoms with Crippen molar-refractivity contribution in [3.63, 3.8) is 0 Å². The number of aromatic nitrogens is 1. The Labute approximate surface area is 142 Å². The number of oxazole rings is 1. The van der Waals surface area contributed by atoms with Gasteiger partial charge in [-0.05, 0) is 19.8 Å². The number of aliphatic hydroxyl groups is 1. The van der Waals surface area contributed by atoms with E-state index in [2.05, 4.69) is 10.3 Å². The van der Waals surface area contributed by atoms with Crippen molar-refractivity contribution in [3.05, 3.63) is 41.9 Å². The average molecular weight is 328 g/mol. The van der Waals surface area contributed by atoms with Crippen LogP contribution in [0, 0.1) is 6.92 Å². The molecule has 3 rings (SSSR count). The molecule has 2 atom stereocenters. The molecule has 1 aromatic heterocycles. The molecule has 5 heteroatoms. The van der Waals surface area contributed by atoms with Gasteiger partial charge in [0.05, 0.1) is 18.3 Å².